The highest BCUT2D eigenvalue weighted by atomic mass is 32.1. The van der Waals surface area contributed by atoms with Crippen molar-refractivity contribution < 1.29 is 4.42 Å². The molecular formula is C60H38N4OS. The Labute approximate surface area is 383 Å². The predicted octanol–water partition coefficient (Wildman–Crippen LogP) is 16.2. The molecule has 1 aliphatic rings. The van der Waals surface area contributed by atoms with Gasteiger partial charge in [-0.05, 0) is 81.9 Å². The van der Waals surface area contributed by atoms with Gasteiger partial charge in [-0.15, -0.1) is 11.3 Å². The van der Waals surface area contributed by atoms with Crippen LogP contribution in [0, 0.1) is 0 Å². The fourth-order valence-electron chi connectivity index (χ4n) is 10.8. The van der Waals surface area contributed by atoms with Crippen molar-refractivity contribution in [3.05, 3.63) is 205 Å². The molecule has 66 heavy (non-hydrogen) atoms. The van der Waals surface area contributed by atoms with E-state index in [9.17, 15) is 0 Å². The quantitative estimate of drug-likeness (QED) is 0.173. The summed E-state index contributed by atoms with van der Waals surface area (Å²) in [6.07, 6.45) is 0. The highest BCUT2D eigenvalue weighted by Gasteiger charge is 2.35. The molecule has 6 heteroatoms. The van der Waals surface area contributed by atoms with Crippen molar-refractivity contribution in [2.45, 2.75) is 19.3 Å². The van der Waals surface area contributed by atoms with Gasteiger partial charge in [-0.3, -0.25) is 0 Å². The van der Waals surface area contributed by atoms with Crippen molar-refractivity contribution in [1.82, 2.24) is 19.5 Å². The number of benzene rings is 9. The van der Waals surface area contributed by atoms with Gasteiger partial charge in [0.25, 0.3) is 0 Å². The van der Waals surface area contributed by atoms with Crippen LogP contribution in [0.5, 0.6) is 0 Å². The number of thiophene rings is 1. The Balaban J connectivity index is 0.946. The number of hydrogen-bond acceptors (Lipinski definition) is 5. The molecule has 9 aromatic carbocycles. The average molecular weight is 863 g/mol. The van der Waals surface area contributed by atoms with Crippen LogP contribution in [0.2, 0.25) is 0 Å². The van der Waals surface area contributed by atoms with Crippen LogP contribution in [0.4, 0.5) is 0 Å². The number of para-hydroxylation sites is 2. The minimum atomic E-state index is -0.159. The molecule has 5 nitrogen and oxygen atoms in total. The summed E-state index contributed by atoms with van der Waals surface area (Å²) >= 11 is 1.86. The van der Waals surface area contributed by atoms with E-state index in [2.05, 4.69) is 182 Å². The summed E-state index contributed by atoms with van der Waals surface area (Å²) in [5.41, 5.74) is 15.3. The van der Waals surface area contributed by atoms with Crippen molar-refractivity contribution in [1.29, 1.82) is 0 Å². The average Bonchev–Trinajstić information content (AvgIpc) is 4.10. The lowest BCUT2D eigenvalue weighted by atomic mass is 9.82. The molecule has 0 radical (unpaired) electrons. The Morgan fingerprint density at radius 3 is 1.89 bits per heavy atom. The van der Waals surface area contributed by atoms with Crippen LogP contribution in [0.15, 0.2) is 199 Å². The minimum Gasteiger partial charge on any atom is -0.456 e. The first kappa shape index (κ1) is 37.2. The third kappa shape index (κ3) is 5.36. The smallest absolute Gasteiger partial charge is 0.164 e. The lowest BCUT2D eigenvalue weighted by Crippen LogP contribution is -2.15. The number of rotatable bonds is 5. The van der Waals surface area contributed by atoms with Crippen molar-refractivity contribution in [2.24, 2.45) is 0 Å². The van der Waals surface area contributed by atoms with Gasteiger partial charge in [0, 0.05) is 59.1 Å². The van der Waals surface area contributed by atoms with Crippen LogP contribution in [0.25, 0.3) is 126 Å². The number of fused-ring (bicyclic) bond motifs is 12. The molecule has 0 saturated heterocycles. The third-order valence-corrected chi connectivity index (χ3v) is 15.1. The van der Waals surface area contributed by atoms with Gasteiger partial charge >= 0.3 is 0 Å². The Morgan fingerprint density at radius 1 is 0.424 bits per heavy atom. The van der Waals surface area contributed by atoms with Crippen molar-refractivity contribution in [2.75, 3.05) is 0 Å². The summed E-state index contributed by atoms with van der Waals surface area (Å²) in [7, 11) is 0. The summed E-state index contributed by atoms with van der Waals surface area (Å²) in [4.78, 5) is 15.7. The van der Waals surface area contributed by atoms with Gasteiger partial charge in [-0.25, -0.2) is 15.0 Å². The number of hydrogen-bond donors (Lipinski definition) is 0. The van der Waals surface area contributed by atoms with Crippen LogP contribution in [0.1, 0.15) is 25.0 Å². The van der Waals surface area contributed by atoms with E-state index < -0.39 is 0 Å². The highest BCUT2D eigenvalue weighted by Crippen LogP contribution is 2.50. The van der Waals surface area contributed by atoms with E-state index in [0.717, 1.165) is 44.2 Å². The second-order valence-corrected chi connectivity index (χ2v) is 19.0. The molecule has 4 heterocycles. The van der Waals surface area contributed by atoms with Gasteiger partial charge < -0.3 is 8.98 Å². The fraction of sp³-hybridized carbons (Fsp3) is 0.0500. The summed E-state index contributed by atoms with van der Waals surface area (Å²) in [6, 6.07) is 69.3. The first-order valence-corrected chi connectivity index (χ1v) is 23.2. The first-order chi connectivity index (χ1) is 32.5. The predicted molar refractivity (Wildman–Crippen MR) is 274 cm³/mol. The molecule has 0 aliphatic heterocycles. The van der Waals surface area contributed by atoms with E-state index in [4.69, 9.17) is 19.4 Å². The molecule has 0 N–H and O–H groups in total. The summed E-state index contributed by atoms with van der Waals surface area (Å²) in [6.45, 7) is 4.61. The Morgan fingerprint density at radius 2 is 1.06 bits per heavy atom. The number of furan rings is 1. The largest absolute Gasteiger partial charge is 0.456 e. The molecule has 13 aromatic rings. The molecule has 0 unspecified atom stereocenters. The molecule has 0 fully saturated rings. The number of nitrogens with zero attached hydrogens (tertiary/aromatic N) is 4. The lowest BCUT2D eigenvalue weighted by molar-refractivity contribution is 0.660. The minimum absolute atomic E-state index is 0.159. The van der Waals surface area contributed by atoms with Gasteiger partial charge in [0.1, 0.15) is 11.2 Å². The second kappa shape index (κ2) is 13.9. The molecule has 0 spiro atoms. The molecule has 0 amide bonds. The fourth-order valence-corrected chi connectivity index (χ4v) is 12.0. The van der Waals surface area contributed by atoms with E-state index in [1.807, 2.05) is 41.7 Å². The molecule has 1 aliphatic carbocycles. The third-order valence-electron chi connectivity index (χ3n) is 13.9. The van der Waals surface area contributed by atoms with Crippen LogP contribution in [-0.4, -0.2) is 19.5 Å². The van der Waals surface area contributed by atoms with Gasteiger partial charge in [0.15, 0.2) is 17.5 Å². The maximum absolute atomic E-state index is 6.64. The van der Waals surface area contributed by atoms with E-state index in [-0.39, 0.29) is 5.41 Å². The van der Waals surface area contributed by atoms with Crippen LogP contribution >= 0.6 is 11.3 Å². The molecule has 0 atom stereocenters. The zero-order valence-electron chi connectivity index (χ0n) is 36.1. The molecule has 310 valence electrons. The molecule has 4 aromatic heterocycles. The monoisotopic (exact) mass is 862 g/mol. The van der Waals surface area contributed by atoms with E-state index in [1.54, 1.807) is 0 Å². The van der Waals surface area contributed by atoms with E-state index in [0.29, 0.717) is 17.5 Å². The van der Waals surface area contributed by atoms with Gasteiger partial charge in [-0.2, -0.15) is 0 Å². The van der Waals surface area contributed by atoms with Crippen molar-refractivity contribution in [3.8, 4) is 62.1 Å². The molecule has 14 rings (SSSR count). The van der Waals surface area contributed by atoms with E-state index >= 15 is 0 Å². The topological polar surface area (TPSA) is 56.7 Å². The second-order valence-electron chi connectivity index (χ2n) is 17.9. The summed E-state index contributed by atoms with van der Waals surface area (Å²) < 4.78 is 11.6. The Kier molecular flexibility index (Phi) is 7.84. The van der Waals surface area contributed by atoms with E-state index in [1.165, 1.54) is 75.5 Å². The molecule has 0 bridgehead atoms. The Bertz CT molecular complexity index is 4100. The van der Waals surface area contributed by atoms with Crippen molar-refractivity contribution in [3.63, 3.8) is 0 Å². The summed E-state index contributed by atoms with van der Waals surface area (Å²) in [5, 5.41) is 7.01. The standard InChI is InChI=1S/C60H38N4OS/c1-60(2)46-23-9-6-17-39(46)40-31-29-37(34-47(40)60)58-61-57(35-15-4-3-5-16-35)62-59(63-58)44-22-13-27-52-54(44)45-33-36(30-32-51(45)65-52)38-20-14-28-53-55(38)43-21-12-26-50(56(43)66-53)64-48-24-10-7-18-41(48)42-19-8-11-25-49(42)64/h3-34H,1-2H3. The zero-order valence-corrected chi connectivity index (χ0v) is 36.9. The normalized spacial score (nSPS) is 13.1. The zero-order chi connectivity index (χ0) is 43.7. The lowest BCUT2D eigenvalue weighted by Gasteiger charge is -2.21. The molecule has 0 saturated carbocycles. The van der Waals surface area contributed by atoms with Gasteiger partial charge in [0.2, 0.25) is 0 Å². The number of aromatic nitrogens is 4. The maximum atomic E-state index is 6.64. The maximum Gasteiger partial charge on any atom is 0.164 e. The van der Waals surface area contributed by atoms with Crippen LogP contribution < -0.4 is 0 Å². The van der Waals surface area contributed by atoms with Crippen LogP contribution in [-0.2, 0) is 5.41 Å². The molecular weight excluding hydrogens is 825 g/mol. The first-order valence-electron chi connectivity index (χ1n) is 22.4. The SMILES string of the molecule is CC1(C)c2ccccc2-c2ccc(-c3nc(-c4ccccc4)nc(-c4cccc5oc6ccc(-c7cccc8sc9c(-n%10c%11ccccc%11c%11ccccc%11%10)cccc9c78)cc6c45)n3)cc21. The van der Waals surface area contributed by atoms with Crippen molar-refractivity contribution >= 4 is 75.3 Å². The highest BCUT2D eigenvalue weighted by molar-refractivity contribution is 7.26. The van der Waals surface area contributed by atoms with Gasteiger partial charge in [0.05, 0.1) is 21.4 Å². The van der Waals surface area contributed by atoms with Crippen LogP contribution in [0.3, 0.4) is 0 Å². The Hall–Kier alpha value is -8.19. The summed E-state index contributed by atoms with van der Waals surface area (Å²) in [5.74, 6) is 1.86. The van der Waals surface area contributed by atoms with Gasteiger partial charge in [-0.1, -0.05) is 159 Å².